The molecule has 1 rings (SSSR count). The predicted octanol–water partition coefficient (Wildman–Crippen LogP) is 0.474. The van der Waals surface area contributed by atoms with Gasteiger partial charge in [-0.25, -0.2) is 0 Å². The normalized spacial score (nSPS) is 30.1. The largest absolute Gasteiger partial charge is 0.480 e. The molecule has 2 N–H and O–H groups in total. The second-order valence-electron chi connectivity index (χ2n) is 4.49. The third-order valence-corrected chi connectivity index (χ3v) is 2.28. The van der Waals surface area contributed by atoms with Crippen molar-refractivity contribution in [2.24, 2.45) is 5.41 Å². The number of hydrogen-bond donors (Lipinski definition) is 2. The van der Waals surface area contributed by atoms with Crippen molar-refractivity contribution >= 4 is 5.97 Å². The van der Waals surface area contributed by atoms with Crippen LogP contribution in [-0.2, 0) is 9.53 Å². The smallest absolute Gasteiger partial charge is 0.323 e. The molecule has 0 amide bonds. The zero-order chi connectivity index (χ0) is 10.1. The van der Waals surface area contributed by atoms with Crippen molar-refractivity contribution in [2.45, 2.75) is 32.9 Å². The topological polar surface area (TPSA) is 58.6 Å². The minimum atomic E-state index is -0.840. The van der Waals surface area contributed by atoms with E-state index >= 15 is 0 Å². The number of morpholine rings is 1. The number of aliphatic carboxylic acids is 1. The molecule has 0 aromatic rings. The Kier molecular flexibility index (Phi) is 2.93. The van der Waals surface area contributed by atoms with E-state index in [0.29, 0.717) is 6.54 Å². The molecule has 76 valence electrons. The zero-order valence-electron chi connectivity index (χ0n) is 8.33. The van der Waals surface area contributed by atoms with Crippen LogP contribution in [0, 0.1) is 5.41 Å². The molecule has 0 saturated carbocycles. The first kappa shape index (κ1) is 10.5. The molecule has 0 bridgehead atoms. The lowest BCUT2D eigenvalue weighted by Crippen LogP contribution is -2.53. The van der Waals surface area contributed by atoms with Crippen molar-refractivity contribution in [2.75, 3.05) is 13.2 Å². The fourth-order valence-corrected chi connectivity index (χ4v) is 1.29. The molecule has 0 aromatic heterocycles. The highest BCUT2D eigenvalue weighted by Gasteiger charge is 2.32. The first-order chi connectivity index (χ1) is 5.91. The fraction of sp³-hybridized carbons (Fsp3) is 0.889. The summed E-state index contributed by atoms with van der Waals surface area (Å²) in [6, 6.07) is -0.543. The van der Waals surface area contributed by atoms with Gasteiger partial charge in [0.25, 0.3) is 0 Å². The van der Waals surface area contributed by atoms with E-state index in [1.165, 1.54) is 0 Å². The Labute approximate surface area is 78.3 Å². The van der Waals surface area contributed by atoms with Crippen molar-refractivity contribution < 1.29 is 14.6 Å². The maximum Gasteiger partial charge on any atom is 0.323 e. The molecule has 0 aromatic carbocycles. The Morgan fingerprint density at radius 1 is 1.54 bits per heavy atom. The third-order valence-electron chi connectivity index (χ3n) is 2.28. The van der Waals surface area contributed by atoms with Crippen LogP contribution in [0.1, 0.15) is 20.8 Å². The molecule has 1 aliphatic heterocycles. The number of carbonyl (C=O) groups is 1. The molecule has 4 heteroatoms. The van der Waals surface area contributed by atoms with E-state index in [4.69, 9.17) is 9.84 Å². The van der Waals surface area contributed by atoms with E-state index in [0.717, 1.165) is 0 Å². The SMILES string of the molecule is CC(C)(C)C1CNC(C(=O)O)CO1. The molecule has 1 heterocycles. The molecular formula is C9H17NO3. The van der Waals surface area contributed by atoms with Gasteiger partial charge in [0, 0.05) is 6.54 Å². The summed E-state index contributed by atoms with van der Waals surface area (Å²) in [5, 5.41) is 11.6. The average Bonchev–Trinajstić information content (AvgIpc) is 2.03. The van der Waals surface area contributed by atoms with Crippen LogP contribution in [0.2, 0.25) is 0 Å². The molecular weight excluding hydrogens is 170 g/mol. The lowest BCUT2D eigenvalue weighted by atomic mass is 9.88. The highest BCUT2D eigenvalue weighted by Crippen LogP contribution is 2.23. The first-order valence-corrected chi connectivity index (χ1v) is 4.49. The highest BCUT2D eigenvalue weighted by molar-refractivity contribution is 5.73. The molecule has 1 aliphatic rings. The molecule has 1 fully saturated rings. The van der Waals surface area contributed by atoms with Crippen LogP contribution in [0.15, 0.2) is 0 Å². The number of rotatable bonds is 1. The molecule has 1 saturated heterocycles. The lowest BCUT2D eigenvalue weighted by Gasteiger charge is -2.36. The van der Waals surface area contributed by atoms with Gasteiger partial charge in [-0.3, -0.25) is 10.1 Å². The van der Waals surface area contributed by atoms with Gasteiger partial charge in [0.2, 0.25) is 0 Å². The standard InChI is InChI=1S/C9H17NO3/c1-9(2,3)7-4-10-6(5-13-7)8(11)12/h6-7,10H,4-5H2,1-3H3,(H,11,12). The van der Waals surface area contributed by atoms with Crippen molar-refractivity contribution in [3.8, 4) is 0 Å². The summed E-state index contributed by atoms with van der Waals surface area (Å²) in [5.41, 5.74) is 0.0659. The van der Waals surface area contributed by atoms with Crippen molar-refractivity contribution in [1.82, 2.24) is 5.32 Å². The molecule has 13 heavy (non-hydrogen) atoms. The molecule has 0 aliphatic carbocycles. The summed E-state index contributed by atoms with van der Waals surface area (Å²) in [5.74, 6) is -0.840. The van der Waals surface area contributed by atoms with Crippen LogP contribution in [-0.4, -0.2) is 36.4 Å². The van der Waals surface area contributed by atoms with Gasteiger partial charge < -0.3 is 9.84 Å². The van der Waals surface area contributed by atoms with E-state index in [9.17, 15) is 4.79 Å². The van der Waals surface area contributed by atoms with E-state index in [2.05, 4.69) is 26.1 Å². The maximum absolute atomic E-state index is 10.6. The maximum atomic E-state index is 10.6. The Morgan fingerprint density at radius 3 is 2.46 bits per heavy atom. The van der Waals surface area contributed by atoms with Crippen LogP contribution in [0.3, 0.4) is 0 Å². The van der Waals surface area contributed by atoms with Crippen molar-refractivity contribution in [3.05, 3.63) is 0 Å². The van der Waals surface area contributed by atoms with Gasteiger partial charge in [0.15, 0.2) is 0 Å². The van der Waals surface area contributed by atoms with Gasteiger partial charge in [-0.05, 0) is 5.41 Å². The van der Waals surface area contributed by atoms with E-state index in [1.54, 1.807) is 0 Å². The lowest BCUT2D eigenvalue weighted by molar-refractivity contribution is -0.146. The van der Waals surface area contributed by atoms with Crippen molar-refractivity contribution in [1.29, 1.82) is 0 Å². The Morgan fingerprint density at radius 2 is 2.15 bits per heavy atom. The number of hydrogen-bond acceptors (Lipinski definition) is 3. The monoisotopic (exact) mass is 187 g/mol. The van der Waals surface area contributed by atoms with Gasteiger partial charge in [0.05, 0.1) is 12.7 Å². The predicted molar refractivity (Wildman–Crippen MR) is 48.6 cm³/mol. The van der Waals surface area contributed by atoms with Gasteiger partial charge in [-0.2, -0.15) is 0 Å². The van der Waals surface area contributed by atoms with Crippen LogP contribution >= 0.6 is 0 Å². The number of carboxylic acid groups (broad SMARTS) is 1. The first-order valence-electron chi connectivity index (χ1n) is 4.49. The van der Waals surface area contributed by atoms with Gasteiger partial charge in [0.1, 0.15) is 6.04 Å². The van der Waals surface area contributed by atoms with Gasteiger partial charge in [-0.15, -0.1) is 0 Å². The van der Waals surface area contributed by atoms with E-state index < -0.39 is 12.0 Å². The fourth-order valence-electron chi connectivity index (χ4n) is 1.29. The summed E-state index contributed by atoms with van der Waals surface area (Å²) in [6.45, 7) is 7.12. The minimum Gasteiger partial charge on any atom is -0.480 e. The summed E-state index contributed by atoms with van der Waals surface area (Å²) in [7, 11) is 0. The summed E-state index contributed by atoms with van der Waals surface area (Å²) in [4.78, 5) is 10.6. The Bertz CT molecular complexity index is 190. The van der Waals surface area contributed by atoms with Crippen LogP contribution in [0.4, 0.5) is 0 Å². The molecule has 2 unspecified atom stereocenters. The van der Waals surface area contributed by atoms with Crippen LogP contribution in [0.5, 0.6) is 0 Å². The number of ether oxygens (including phenoxy) is 1. The molecule has 0 spiro atoms. The molecule has 2 atom stereocenters. The molecule has 4 nitrogen and oxygen atoms in total. The Hall–Kier alpha value is -0.610. The summed E-state index contributed by atoms with van der Waals surface area (Å²) in [6.07, 6.45) is 0.100. The zero-order valence-corrected chi connectivity index (χ0v) is 8.33. The average molecular weight is 187 g/mol. The Balaban J connectivity index is 2.44. The second-order valence-corrected chi connectivity index (χ2v) is 4.49. The van der Waals surface area contributed by atoms with Gasteiger partial charge >= 0.3 is 5.97 Å². The molecule has 0 radical (unpaired) electrons. The van der Waals surface area contributed by atoms with Gasteiger partial charge in [-0.1, -0.05) is 20.8 Å². The van der Waals surface area contributed by atoms with E-state index in [-0.39, 0.29) is 18.1 Å². The van der Waals surface area contributed by atoms with Crippen LogP contribution < -0.4 is 5.32 Å². The summed E-state index contributed by atoms with van der Waals surface area (Å²) >= 11 is 0. The highest BCUT2D eigenvalue weighted by atomic mass is 16.5. The third kappa shape index (κ3) is 2.67. The number of carboxylic acids is 1. The summed E-state index contributed by atoms with van der Waals surface area (Å²) < 4.78 is 5.47. The number of nitrogens with one attached hydrogen (secondary N) is 1. The quantitative estimate of drug-likeness (QED) is 0.626. The van der Waals surface area contributed by atoms with E-state index in [1.807, 2.05) is 0 Å². The van der Waals surface area contributed by atoms with Crippen LogP contribution in [0.25, 0.3) is 0 Å². The second kappa shape index (κ2) is 3.64. The van der Waals surface area contributed by atoms with Crippen molar-refractivity contribution in [3.63, 3.8) is 0 Å². The minimum absolute atomic E-state index is 0.0659.